The fourth-order valence-corrected chi connectivity index (χ4v) is 3.75. The van der Waals surface area contributed by atoms with Crippen LogP contribution in [0, 0.1) is 11.8 Å². The second-order valence-corrected chi connectivity index (χ2v) is 6.47. The summed E-state index contributed by atoms with van der Waals surface area (Å²) in [5, 5.41) is 0. The molecule has 0 radical (unpaired) electrons. The van der Waals surface area contributed by atoms with E-state index in [1.807, 2.05) is 13.8 Å². The highest BCUT2D eigenvalue weighted by Gasteiger charge is 2.17. The van der Waals surface area contributed by atoms with Gasteiger partial charge in [-0.25, -0.2) is 8.42 Å². The maximum atomic E-state index is 11.6. The van der Waals surface area contributed by atoms with Gasteiger partial charge >= 0.3 is 0 Å². The molecule has 0 aliphatic carbocycles. The second-order valence-electron chi connectivity index (χ2n) is 4.31. The Bertz CT molecular complexity index is 237. The number of sulfone groups is 1. The van der Waals surface area contributed by atoms with Crippen molar-refractivity contribution in [3.05, 3.63) is 0 Å². The molecular formula is C10H23NO2S. The van der Waals surface area contributed by atoms with Crippen LogP contribution in [0.1, 0.15) is 33.6 Å². The fraction of sp³-hybridized carbons (Fsp3) is 1.00. The zero-order chi connectivity index (χ0) is 11.2. The summed E-state index contributed by atoms with van der Waals surface area (Å²) in [7, 11) is -2.89. The van der Waals surface area contributed by atoms with Crippen molar-refractivity contribution >= 4 is 9.84 Å². The number of hydrogen-bond acceptors (Lipinski definition) is 3. The van der Waals surface area contributed by atoms with Gasteiger partial charge in [0, 0.05) is 0 Å². The van der Waals surface area contributed by atoms with Gasteiger partial charge in [0.05, 0.1) is 11.5 Å². The summed E-state index contributed by atoms with van der Waals surface area (Å²) in [6.45, 7) is 6.39. The molecule has 0 amide bonds. The first kappa shape index (κ1) is 13.9. The Morgan fingerprint density at radius 1 is 1.14 bits per heavy atom. The van der Waals surface area contributed by atoms with Crippen molar-refractivity contribution in [3.63, 3.8) is 0 Å². The summed E-state index contributed by atoms with van der Waals surface area (Å²) in [6, 6.07) is 0. The van der Waals surface area contributed by atoms with Gasteiger partial charge in [-0.1, -0.05) is 33.6 Å². The van der Waals surface area contributed by atoms with Crippen LogP contribution in [0.2, 0.25) is 0 Å². The first-order valence-electron chi connectivity index (χ1n) is 5.31. The molecule has 3 nitrogen and oxygen atoms in total. The van der Waals surface area contributed by atoms with Gasteiger partial charge in [-0.3, -0.25) is 0 Å². The average molecular weight is 221 g/mol. The van der Waals surface area contributed by atoms with Crippen molar-refractivity contribution in [1.82, 2.24) is 0 Å². The van der Waals surface area contributed by atoms with Crippen molar-refractivity contribution < 1.29 is 8.42 Å². The molecule has 0 aliphatic heterocycles. The monoisotopic (exact) mass is 221 g/mol. The highest BCUT2D eigenvalue weighted by Crippen LogP contribution is 2.11. The van der Waals surface area contributed by atoms with E-state index in [4.69, 9.17) is 5.73 Å². The molecule has 0 saturated carbocycles. The van der Waals surface area contributed by atoms with Crippen LogP contribution < -0.4 is 5.73 Å². The second kappa shape index (κ2) is 6.40. The van der Waals surface area contributed by atoms with Gasteiger partial charge in [-0.05, 0) is 18.4 Å². The van der Waals surface area contributed by atoms with E-state index < -0.39 is 9.84 Å². The summed E-state index contributed by atoms with van der Waals surface area (Å²) in [5.74, 6) is 0.895. The molecule has 2 N–H and O–H groups in total. The quantitative estimate of drug-likeness (QED) is 0.707. The molecule has 0 rings (SSSR count). The SMILES string of the molecule is CCCC(C)CS(=O)(=O)CC(C)CN. The minimum Gasteiger partial charge on any atom is -0.330 e. The molecule has 86 valence electrons. The van der Waals surface area contributed by atoms with E-state index in [1.54, 1.807) is 0 Å². The molecule has 0 aromatic rings. The minimum atomic E-state index is -2.89. The molecular weight excluding hydrogens is 198 g/mol. The maximum Gasteiger partial charge on any atom is 0.150 e. The van der Waals surface area contributed by atoms with Crippen LogP contribution in [0.5, 0.6) is 0 Å². The summed E-state index contributed by atoms with van der Waals surface area (Å²) in [5.41, 5.74) is 5.40. The van der Waals surface area contributed by atoms with Crippen molar-refractivity contribution in [1.29, 1.82) is 0 Å². The Morgan fingerprint density at radius 2 is 1.64 bits per heavy atom. The van der Waals surface area contributed by atoms with E-state index in [1.165, 1.54) is 0 Å². The molecule has 2 atom stereocenters. The number of nitrogens with two attached hydrogens (primary N) is 1. The van der Waals surface area contributed by atoms with E-state index in [-0.39, 0.29) is 17.6 Å². The molecule has 14 heavy (non-hydrogen) atoms. The van der Waals surface area contributed by atoms with E-state index in [0.717, 1.165) is 12.8 Å². The third-order valence-corrected chi connectivity index (χ3v) is 4.41. The maximum absolute atomic E-state index is 11.6. The topological polar surface area (TPSA) is 60.2 Å². The lowest BCUT2D eigenvalue weighted by molar-refractivity contribution is 0.535. The van der Waals surface area contributed by atoms with Crippen LogP contribution in [0.3, 0.4) is 0 Å². The van der Waals surface area contributed by atoms with Crippen molar-refractivity contribution in [2.24, 2.45) is 17.6 Å². The molecule has 0 saturated heterocycles. The zero-order valence-electron chi connectivity index (χ0n) is 9.49. The highest BCUT2D eigenvalue weighted by molar-refractivity contribution is 7.91. The van der Waals surface area contributed by atoms with Gasteiger partial charge in [0.1, 0.15) is 0 Å². The van der Waals surface area contributed by atoms with Crippen molar-refractivity contribution in [2.45, 2.75) is 33.6 Å². The predicted molar refractivity (Wildman–Crippen MR) is 60.9 cm³/mol. The summed E-state index contributed by atoms with van der Waals surface area (Å²) in [4.78, 5) is 0. The van der Waals surface area contributed by atoms with E-state index in [0.29, 0.717) is 12.3 Å². The predicted octanol–water partition coefficient (Wildman–Crippen LogP) is 1.43. The van der Waals surface area contributed by atoms with Crippen molar-refractivity contribution in [2.75, 3.05) is 18.1 Å². The highest BCUT2D eigenvalue weighted by atomic mass is 32.2. The molecule has 0 bridgehead atoms. The molecule has 0 aliphatic rings. The number of rotatable bonds is 7. The van der Waals surface area contributed by atoms with E-state index in [9.17, 15) is 8.42 Å². The third kappa shape index (κ3) is 6.38. The lowest BCUT2D eigenvalue weighted by Crippen LogP contribution is -2.25. The smallest absolute Gasteiger partial charge is 0.150 e. The molecule has 2 unspecified atom stereocenters. The van der Waals surface area contributed by atoms with E-state index in [2.05, 4.69) is 6.92 Å². The van der Waals surface area contributed by atoms with Crippen LogP contribution in [-0.2, 0) is 9.84 Å². The Hall–Kier alpha value is -0.0900. The van der Waals surface area contributed by atoms with Gasteiger partial charge in [0.15, 0.2) is 9.84 Å². The molecule has 0 aromatic heterocycles. The third-order valence-electron chi connectivity index (χ3n) is 2.26. The fourth-order valence-electron chi connectivity index (χ4n) is 1.58. The summed E-state index contributed by atoms with van der Waals surface area (Å²) >= 11 is 0. The Kier molecular flexibility index (Phi) is 6.36. The zero-order valence-corrected chi connectivity index (χ0v) is 10.3. The average Bonchev–Trinajstić information content (AvgIpc) is 2.02. The standard InChI is InChI=1S/C10H23NO2S/c1-4-5-9(2)7-14(12,13)8-10(3)6-11/h9-10H,4-8,11H2,1-3H3. The minimum absolute atomic E-state index is 0.0776. The molecule has 0 aromatic carbocycles. The molecule has 4 heteroatoms. The van der Waals surface area contributed by atoms with Gasteiger partial charge in [-0.2, -0.15) is 0 Å². The summed E-state index contributed by atoms with van der Waals surface area (Å²) in [6.07, 6.45) is 2.03. The van der Waals surface area contributed by atoms with Crippen LogP contribution >= 0.6 is 0 Å². The lowest BCUT2D eigenvalue weighted by Gasteiger charge is -2.13. The van der Waals surface area contributed by atoms with E-state index >= 15 is 0 Å². The number of hydrogen-bond donors (Lipinski definition) is 1. The van der Waals surface area contributed by atoms with Gasteiger partial charge in [0.2, 0.25) is 0 Å². The van der Waals surface area contributed by atoms with Crippen LogP contribution in [-0.4, -0.2) is 26.5 Å². The van der Waals surface area contributed by atoms with Crippen LogP contribution in [0.15, 0.2) is 0 Å². The lowest BCUT2D eigenvalue weighted by atomic mass is 10.1. The van der Waals surface area contributed by atoms with Gasteiger partial charge in [-0.15, -0.1) is 0 Å². The molecule has 0 fully saturated rings. The molecule has 0 heterocycles. The first-order valence-corrected chi connectivity index (χ1v) is 7.14. The van der Waals surface area contributed by atoms with Gasteiger partial charge < -0.3 is 5.73 Å². The Labute approximate surface area is 88.0 Å². The van der Waals surface area contributed by atoms with Crippen LogP contribution in [0.4, 0.5) is 0 Å². The Morgan fingerprint density at radius 3 is 2.07 bits per heavy atom. The van der Waals surface area contributed by atoms with Gasteiger partial charge in [0.25, 0.3) is 0 Å². The normalized spacial score (nSPS) is 16.6. The van der Waals surface area contributed by atoms with Crippen LogP contribution in [0.25, 0.3) is 0 Å². The first-order chi connectivity index (χ1) is 6.41. The Balaban J connectivity index is 4.07. The summed E-state index contributed by atoms with van der Waals surface area (Å²) < 4.78 is 23.3. The largest absolute Gasteiger partial charge is 0.330 e. The molecule has 0 spiro atoms. The van der Waals surface area contributed by atoms with Crippen molar-refractivity contribution in [3.8, 4) is 0 Å².